The Hall–Kier alpha value is -4.47. The monoisotopic (exact) mass is 515 g/mol. The predicted molar refractivity (Wildman–Crippen MR) is 146 cm³/mol. The maximum atomic E-state index is 12.9. The van der Waals surface area contributed by atoms with Crippen molar-refractivity contribution in [2.24, 2.45) is 5.73 Å². The Morgan fingerprint density at radius 3 is 2.53 bits per heavy atom. The van der Waals surface area contributed by atoms with Gasteiger partial charge in [-0.3, -0.25) is 14.4 Å². The maximum absolute atomic E-state index is 12.9. The van der Waals surface area contributed by atoms with E-state index in [1.54, 1.807) is 41.4 Å². The zero-order valence-corrected chi connectivity index (χ0v) is 21.9. The Labute approximate surface area is 221 Å². The molecule has 4 rings (SSSR count). The van der Waals surface area contributed by atoms with Crippen LogP contribution in [0.3, 0.4) is 0 Å². The third-order valence-electron chi connectivity index (χ3n) is 6.56. The molecule has 1 saturated heterocycles. The molecule has 10 nitrogen and oxygen atoms in total. The molecule has 1 fully saturated rings. The smallest absolute Gasteiger partial charge is 0.269 e. The largest absolute Gasteiger partial charge is 0.364 e. The third-order valence-corrected chi connectivity index (χ3v) is 6.56. The highest BCUT2D eigenvalue weighted by molar-refractivity contribution is 6.04. The number of nitrogens with zero attached hydrogens (tertiary/aromatic N) is 4. The zero-order chi connectivity index (χ0) is 27.4. The maximum Gasteiger partial charge on any atom is 0.269 e. The number of imidazole rings is 1. The number of rotatable bonds is 7. The van der Waals surface area contributed by atoms with Gasteiger partial charge >= 0.3 is 0 Å². The van der Waals surface area contributed by atoms with Crippen LogP contribution < -0.4 is 16.9 Å². The van der Waals surface area contributed by atoms with Crippen molar-refractivity contribution in [3.05, 3.63) is 76.9 Å². The molecule has 10 heteroatoms. The molecule has 1 atom stereocenters. The molecular formula is C28H33N7O3. The number of benzene rings is 1. The number of primary amides is 1. The van der Waals surface area contributed by atoms with Gasteiger partial charge in [-0.1, -0.05) is 24.6 Å². The Morgan fingerprint density at radius 1 is 1.13 bits per heavy atom. The topological polar surface area (TPSA) is 149 Å². The van der Waals surface area contributed by atoms with Gasteiger partial charge in [-0.2, -0.15) is 0 Å². The van der Waals surface area contributed by atoms with Gasteiger partial charge in [-0.05, 0) is 69.4 Å². The Morgan fingerprint density at radius 2 is 1.87 bits per heavy atom. The molecule has 5 N–H and O–H groups in total. The van der Waals surface area contributed by atoms with E-state index in [1.165, 1.54) is 4.68 Å². The quantitative estimate of drug-likeness (QED) is 0.323. The van der Waals surface area contributed by atoms with E-state index in [1.807, 2.05) is 32.9 Å². The lowest BCUT2D eigenvalue weighted by molar-refractivity contribution is -0.130. The Kier molecular flexibility index (Phi) is 7.90. The van der Waals surface area contributed by atoms with E-state index in [-0.39, 0.29) is 23.6 Å². The average Bonchev–Trinajstić information content (AvgIpc) is 3.25. The number of amides is 3. The number of allylic oxidation sites excluding steroid dienone is 1. The van der Waals surface area contributed by atoms with Gasteiger partial charge in [-0.25, -0.2) is 14.6 Å². The lowest BCUT2D eigenvalue weighted by Crippen LogP contribution is -2.40. The third kappa shape index (κ3) is 5.59. The summed E-state index contributed by atoms with van der Waals surface area (Å²) in [6.07, 6.45) is 6.53. The number of nitrogen functional groups attached to an aromatic ring is 1. The van der Waals surface area contributed by atoms with Crippen LogP contribution in [0.2, 0.25) is 0 Å². The molecule has 0 radical (unpaired) electrons. The first-order chi connectivity index (χ1) is 18.2. The van der Waals surface area contributed by atoms with E-state index in [4.69, 9.17) is 16.6 Å². The molecule has 0 saturated carbocycles. The first kappa shape index (κ1) is 26.6. The lowest BCUT2D eigenvalue weighted by atomic mass is 10.0. The van der Waals surface area contributed by atoms with Crippen LogP contribution in [0.25, 0.3) is 11.3 Å². The number of hydrogen-bond acceptors (Lipinski definition) is 6. The second-order valence-corrected chi connectivity index (χ2v) is 9.60. The summed E-state index contributed by atoms with van der Waals surface area (Å²) in [5.41, 5.74) is 9.00. The second-order valence-electron chi connectivity index (χ2n) is 9.60. The molecular weight excluding hydrogens is 482 g/mol. The molecule has 0 bridgehead atoms. The van der Waals surface area contributed by atoms with Crippen molar-refractivity contribution in [1.29, 1.82) is 0 Å². The van der Waals surface area contributed by atoms with Gasteiger partial charge in [0.05, 0.1) is 6.04 Å². The number of aromatic nitrogens is 3. The Bertz CT molecular complexity index is 1390. The van der Waals surface area contributed by atoms with Crippen molar-refractivity contribution in [3.8, 4) is 11.3 Å². The van der Waals surface area contributed by atoms with Gasteiger partial charge < -0.3 is 21.8 Å². The number of likely N-dealkylation sites (tertiary alicyclic amines) is 1. The fraction of sp³-hybridized carbons (Fsp3) is 0.321. The molecule has 3 aromatic rings. The summed E-state index contributed by atoms with van der Waals surface area (Å²) in [6, 6.07) is 10.00. The molecule has 3 heterocycles. The fourth-order valence-electron chi connectivity index (χ4n) is 4.65. The number of piperidine rings is 1. The van der Waals surface area contributed by atoms with Crippen molar-refractivity contribution in [1.82, 2.24) is 19.5 Å². The standard InChI is InChI=1S/C28H33N7O3/c1-4-18-12-13-31-22(16-18)32-28(38)20-10-8-19(9-11-20)24-25(26(29)37)35(30)27(33-24)21-7-5-6-14-34(21)23(36)15-17(2)3/h8-13,15-16,21H,4-7,14,30H2,1-3H3,(H2,29,37)(H,31,32,38)/t21-/m0/s1. The summed E-state index contributed by atoms with van der Waals surface area (Å²) >= 11 is 0. The van der Waals surface area contributed by atoms with Gasteiger partial charge in [0, 0.05) is 29.9 Å². The van der Waals surface area contributed by atoms with Gasteiger partial charge in [0.15, 0.2) is 11.5 Å². The van der Waals surface area contributed by atoms with Crippen LogP contribution in [-0.4, -0.2) is 43.8 Å². The van der Waals surface area contributed by atoms with Crippen LogP contribution in [0.5, 0.6) is 0 Å². The summed E-state index contributed by atoms with van der Waals surface area (Å²) in [7, 11) is 0. The number of carbonyl (C=O) groups is 3. The summed E-state index contributed by atoms with van der Waals surface area (Å²) in [4.78, 5) is 48.7. The summed E-state index contributed by atoms with van der Waals surface area (Å²) in [5, 5.41) is 2.80. The molecule has 0 unspecified atom stereocenters. The van der Waals surface area contributed by atoms with E-state index < -0.39 is 5.91 Å². The fourth-order valence-corrected chi connectivity index (χ4v) is 4.65. The van der Waals surface area contributed by atoms with Crippen molar-refractivity contribution < 1.29 is 14.4 Å². The van der Waals surface area contributed by atoms with E-state index in [9.17, 15) is 14.4 Å². The molecule has 0 aliphatic carbocycles. The van der Waals surface area contributed by atoms with Crippen LogP contribution in [0.15, 0.2) is 54.2 Å². The summed E-state index contributed by atoms with van der Waals surface area (Å²) < 4.78 is 1.20. The minimum absolute atomic E-state index is 0.0398. The first-order valence-electron chi connectivity index (χ1n) is 12.7. The number of carbonyl (C=O) groups excluding carboxylic acids is 3. The van der Waals surface area contributed by atoms with E-state index in [0.717, 1.165) is 30.4 Å². The van der Waals surface area contributed by atoms with E-state index in [2.05, 4.69) is 10.3 Å². The average molecular weight is 516 g/mol. The number of nitrogens with two attached hydrogens (primary N) is 2. The molecule has 1 aromatic carbocycles. The molecule has 1 aliphatic heterocycles. The van der Waals surface area contributed by atoms with Crippen LogP contribution >= 0.6 is 0 Å². The summed E-state index contributed by atoms with van der Waals surface area (Å²) in [6.45, 7) is 6.33. The number of nitrogens with one attached hydrogen (secondary N) is 1. The van der Waals surface area contributed by atoms with Crippen LogP contribution in [-0.2, 0) is 11.2 Å². The number of hydrogen-bond donors (Lipinski definition) is 3. The van der Waals surface area contributed by atoms with Crippen LogP contribution in [0.4, 0.5) is 5.82 Å². The predicted octanol–water partition coefficient (Wildman–Crippen LogP) is 3.59. The van der Waals surface area contributed by atoms with Gasteiger partial charge in [0.25, 0.3) is 11.8 Å². The second kappa shape index (κ2) is 11.3. The normalized spacial score (nSPS) is 15.1. The highest BCUT2D eigenvalue weighted by Gasteiger charge is 2.33. The minimum atomic E-state index is -0.733. The van der Waals surface area contributed by atoms with E-state index in [0.29, 0.717) is 41.4 Å². The van der Waals surface area contributed by atoms with Crippen LogP contribution in [0, 0.1) is 0 Å². The molecule has 0 spiro atoms. The SMILES string of the molecule is CCc1ccnc(NC(=O)c2ccc(-c3nc([C@@H]4CCCCN4C(=O)C=C(C)C)n(N)c3C(N)=O)cc2)c1. The summed E-state index contributed by atoms with van der Waals surface area (Å²) in [5.74, 6) is 6.06. The highest BCUT2D eigenvalue weighted by atomic mass is 16.2. The minimum Gasteiger partial charge on any atom is -0.364 e. The van der Waals surface area contributed by atoms with Gasteiger partial charge in [-0.15, -0.1) is 0 Å². The number of anilines is 1. The van der Waals surface area contributed by atoms with Crippen LogP contribution in [0.1, 0.15) is 78.3 Å². The van der Waals surface area contributed by atoms with Crippen molar-refractivity contribution in [2.75, 3.05) is 17.7 Å². The first-order valence-corrected chi connectivity index (χ1v) is 12.7. The Balaban J connectivity index is 1.64. The van der Waals surface area contributed by atoms with E-state index >= 15 is 0 Å². The number of aryl methyl sites for hydroxylation is 1. The van der Waals surface area contributed by atoms with Crippen molar-refractivity contribution >= 4 is 23.5 Å². The molecule has 2 aromatic heterocycles. The lowest BCUT2D eigenvalue weighted by Gasteiger charge is -2.34. The molecule has 1 aliphatic rings. The highest BCUT2D eigenvalue weighted by Crippen LogP contribution is 2.34. The molecule has 3 amide bonds. The van der Waals surface area contributed by atoms with Gasteiger partial charge in [0.1, 0.15) is 11.5 Å². The van der Waals surface area contributed by atoms with Gasteiger partial charge in [0.2, 0.25) is 5.91 Å². The molecule has 38 heavy (non-hydrogen) atoms. The number of pyridine rings is 1. The van der Waals surface area contributed by atoms with Crippen molar-refractivity contribution in [2.45, 2.75) is 52.5 Å². The van der Waals surface area contributed by atoms with Crippen molar-refractivity contribution in [3.63, 3.8) is 0 Å². The zero-order valence-electron chi connectivity index (χ0n) is 21.9. The molecule has 198 valence electrons.